The SMILES string of the molecule is CN1CCN(c2ccc(-c3nn(-c4cc(F)cc(F)c4)c4ccccc34)cc2)CC1. The lowest BCUT2D eigenvalue weighted by molar-refractivity contribution is 0.313. The Morgan fingerprint density at radius 3 is 2.13 bits per heavy atom. The van der Waals surface area contributed by atoms with Crippen molar-refractivity contribution in [2.75, 3.05) is 38.1 Å². The molecular weight excluding hydrogens is 382 g/mol. The van der Waals surface area contributed by atoms with Gasteiger partial charge in [0.15, 0.2) is 0 Å². The molecular formula is C24H22F2N4. The molecule has 0 amide bonds. The van der Waals surface area contributed by atoms with Crippen molar-refractivity contribution in [3.63, 3.8) is 0 Å². The zero-order chi connectivity index (χ0) is 20.7. The molecule has 0 radical (unpaired) electrons. The van der Waals surface area contributed by atoms with Crippen LogP contribution in [0, 0.1) is 11.6 Å². The van der Waals surface area contributed by atoms with Gasteiger partial charge in [-0.2, -0.15) is 5.10 Å². The Balaban J connectivity index is 1.55. The molecule has 1 aromatic heterocycles. The Bertz CT molecular complexity index is 1170. The smallest absolute Gasteiger partial charge is 0.128 e. The van der Waals surface area contributed by atoms with Crippen LogP contribution in [0.3, 0.4) is 0 Å². The molecule has 0 saturated carbocycles. The quantitative estimate of drug-likeness (QED) is 0.494. The largest absolute Gasteiger partial charge is 0.369 e. The number of likely N-dealkylation sites (N-methyl/N-ethyl adjacent to an activating group) is 1. The van der Waals surface area contributed by atoms with Gasteiger partial charge in [-0.15, -0.1) is 0 Å². The minimum absolute atomic E-state index is 0.365. The number of halogens is 2. The molecule has 0 N–H and O–H groups in total. The third kappa shape index (κ3) is 3.44. The molecule has 0 atom stereocenters. The molecule has 1 aliphatic rings. The minimum atomic E-state index is -0.623. The maximum absolute atomic E-state index is 13.8. The molecule has 30 heavy (non-hydrogen) atoms. The molecule has 0 unspecified atom stereocenters. The number of para-hydroxylation sites is 1. The Morgan fingerprint density at radius 1 is 0.767 bits per heavy atom. The average molecular weight is 404 g/mol. The van der Waals surface area contributed by atoms with Crippen molar-refractivity contribution in [1.82, 2.24) is 14.7 Å². The lowest BCUT2D eigenvalue weighted by Crippen LogP contribution is -2.44. The fourth-order valence-corrected chi connectivity index (χ4v) is 4.03. The highest BCUT2D eigenvalue weighted by Crippen LogP contribution is 2.31. The third-order valence-electron chi connectivity index (χ3n) is 5.69. The first-order valence-electron chi connectivity index (χ1n) is 10.1. The highest BCUT2D eigenvalue weighted by atomic mass is 19.1. The van der Waals surface area contributed by atoms with Gasteiger partial charge in [-0.05, 0) is 37.4 Å². The zero-order valence-corrected chi connectivity index (χ0v) is 16.7. The second-order valence-electron chi connectivity index (χ2n) is 7.74. The van der Waals surface area contributed by atoms with Crippen molar-refractivity contribution in [3.8, 4) is 16.9 Å². The predicted molar refractivity (Wildman–Crippen MR) is 116 cm³/mol. The summed E-state index contributed by atoms with van der Waals surface area (Å²) in [6.45, 7) is 4.14. The van der Waals surface area contributed by atoms with Gasteiger partial charge in [0.1, 0.15) is 17.3 Å². The van der Waals surface area contributed by atoms with Gasteiger partial charge < -0.3 is 9.80 Å². The van der Waals surface area contributed by atoms with E-state index in [1.54, 1.807) is 4.68 Å². The van der Waals surface area contributed by atoms with E-state index in [2.05, 4.69) is 41.1 Å². The normalized spacial score (nSPS) is 15.1. The van der Waals surface area contributed by atoms with Gasteiger partial charge in [-0.3, -0.25) is 0 Å². The van der Waals surface area contributed by atoms with E-state index in [4.69, 9.17) is 5.10 Å². The molecule has 152 valence electrons. The lowest BCUT2D eigenvalue weighted by Gasteiger charge is -2.34. The number of hydrogen-bond acceptors (Lipinski definition) is 3. The molecule has 2 heterocycles. The molecule has 4 nitrogen and oxygen atoms in total. The fourth-order valence-electron chi connectivity index (χ4n) is 4.03. The molecule has 4 aromatic rings. The Kier molecular flexibility index (Phi) is 4.71. The van der Waals surface area contributed by atoms with Crippen LogP contribution in [0.2, 0.25) is 0 Å². The summed E-state index contributed by atoms with van der Waals surface area (Å²) < 4.78 is 29.2. The van der Waals surface area contributed by atoms with Crippen LogP contribution in [0.25, 0.3) is 27.8 Å². The number of anilines is 1. The highest BCUT2D eigenvalue weighted by molar-refractivity contribution is 5.94. The number of aromatic nitrogens is 2. The summed E-state index contributed by atoms with van der Waals surface area (Å²) in [7, 11) is 2.15. The Labute approximate surface area is 174 Å². The second-order valence-corrected chi connectivity index (χ2v) is 7.74. The van der Waals surface area contributed by atoms with E-state index in [0.29, 0.717) is 5.69 Å². The molecule has 0 spiro atoms. The van der Waals surface area contributed by atoms with Crippen molar-refractivity contribution < 1.29 is 8.78 Å². The summed E-state index contributed by atoms with van der Waals surface area (Å²) in [6, 6.07) is 19.6. The van der Waals surface area contributed by atoms with Gasteiger partial charge in [-0.25, -0.2) is 13.5 Å². The van der Waals surface area contributed by atoms with E-state index in [9.17, 15) is 8.78 Å². The minimum Gasteiger partial charge on any atom is -0.369 e. The molecule has 6 heteroatoms. The number of benzene rings is 3. The van der Waals surface area contributed by atoms with Crippen LogP contribution in [0.4, 0.5) is 14.5 Å². The predicted octanol–water partition coefficient (Wildman–Crippen LogP) is 4.72. The molecule has 1 aliphatic heterocycles. The van der Waals surface area contributed by atoms with Crippen molar-refractivity contribution in [2.45, 2.75) is 0 Å². The van der Waals surface area contributed by atoms with Crippen LogP contribution in [0.1, 0.15) is 0 Å². The van der Waals surface area contributed by atoms with Gasteiger partial charge in [-0.1, -0.05) is 30.3 Å². The first-order chi connectivity index (χ1) is 14.6. The summed E-state index contributed by atoms with van der Waals surface area (Å²) in [5.41, 5.74) is 4.13. The first-order valence-corrected chi connectivity index (χ1v) is 10.1. The topological polar surface area (TPSA) is 24.3 Å². The third-order valence-corrected chi connectivity index (χ3v) is 5.69. The van der Waals surface area contributed by atoms with Gasteiger partial charge >= 0.3 is 0 Å². The van der Waals surface area contributed by atoms with Gasteiger partial charge in [0.05, 0.1) is 11.2 Å². The standard InChI is InChI=1S/C24H22F2N4/c1-28-10-12-29(13-11-28)20-8-6-17(7-9-20)24-22-4-2-3-5-23(22)30(27-24)21-15-18(25)14-19(26)16-21/h2-9,14-16H,10-13H2,1H3. The van der Waals surface area contributed by atoms with Gasteiger partial charge in [0.2, 0.25) is 0 Å². The van der Waals surface area contributed by atoms with Crippen LogP contribution in [0.15, 0.2) is 66.7 Å². The zero-order valence-electron chi connectivity index (χ0n) is 16.7. The van der Waals surface area contributed by atoms with E-state index in [0.717, 1.165) is 54.4 Å². The summed E-state index contributed by atoms with van der Waals surface area (Å²) in [5.74, 6) is -1.25. The summed E-state index contributed by atoms with van der Waals surface area (Å²) >= 11 is 0. The van der Waals surface area contributed by atoms with Crippen LogP contribution < -0.4 is 4.90 Å². The second kappa shape index (κ2) is 7.54. The van der Waals surface area contributed by atoms with Crippen LogP contribution >= 0.6 is 0 Å². The monoisotopic (exact) mass is 404 g/mol. The first kappa shape index (κ1) is 18.8. The van der Waals surface area contributed by atoms with E-state index in [1.165, 1.54) is 17.8 Å². The molecule has 0 bridgehead atoms. The summed E-state index contributed by atoms with van der Waals surface area (Å²) in [4.78, 5) is 4.72. The number of hydrogen-bond donors (Lipinski definition) is 0. The van der Waals surface area contributed by atoms with E-state index >= 15 is 0 Å². The maximum Gasteiger partial charge on any atom is 0.128 e. The summed E-state index contributed by atoms with van der Waals surface area (Å²) in [5, 5.41) is 5.67. The molecule has 0 aliphatic carbocycles. The number of rotatable bonds is 3. The van der Waals surface area contributed by atoms with E-state index in [-0.39, 0.29) is 0 Å². The van der Waals surface area contributed by atoms with Crippen LogP contribution in [-0.2, 0) is 0 Å². The molecule has 5 rings (SSSR count). The fraction of sp³-hybridized carbons (Fsp3) is 0.208. The van der Waals surface area contributed by atoms with Gasteiger partial charge in [0.25, 0.3) is 0 Å². The average Bonchev–Trinajstić information content (AvgIpc) is 3.14. The van der Waals surface area contributed by atoms with Crippen molar-refractivity contribution in [3.05, 3.63) is 78.4 Å². The van der Waals surface area contributed by atoms with Crippen molar-refractivity contribution >= 4 is 16.6 Å². The van der Waals surface area contributed by atoms with Gasteiger partial charge in [0, 0.05) is 48.9 Å². The Morgan fingerprint density at radius 2 is 1.43 bits per heavy atom. The lowest BCUT2D eigenvalue weighted by atomic mass is 10.1. The van der Waals surface area contributed by atoms with Crippen molar-refractivity contribution in [2.24, 2.45) is 0 Å². The molecule has 3 aromatic carbocycles. The molecule has 1 saturated heterocycles. The number of fused-ring (bicyclic) bond motifs is 1. The van der Waals surface area contributed by atoms with Crippen molar-refractivity contribution in [1.29, 1.82) is 0 Å². The van der Waals surface area contributed by atoms with Crippen LogP contribution in [-0.4, -0.2) is 47.9 Å². The molecule has 1 fully saturated rings. The number of nitrogens with zero attached hydrogens (tertiary/aromatic N) is 4. The summed E-state index contributed by atoms with van der Waals surface area (Å²) in [6.07, 6.45) is 0. The Hall–Kier alpha value is -3.25. The van der Waals surface area contributed by atoms with E-state index < -0.39 is 11.6 Å². The van der Waals surface area contributed by atoms with Crippen LogP contribution in [0.5, 0.6) is 0 Å². The van der Waals surface area contributed by atoms with E-state index in [1.807, 2.05) is 24.3 Å². The number of piperazine rings is 1. The highest BCUT2D eigenvalue weighted by Gasteiger charge is 2.17. The maximum atomic E-state index is 13.8.